The number of nitrogens with zero attached hydrogens (tertiary/aromatic N) is 3. The summed E-state index contributed by atoms with van der Waals surface area (Å²) in [6.07, 6.45) is 6.89. The fraction of sp³-hybridized carbons (Fsp3) is 0.591. The number of likely N-dealkylation sites (tertiary alicyclic amines) is 2. The molecule has 5 rings (SSSR count). The molecule has 2 saturated heterocycles. The lowest BCUT2D eigenvalue weighted by atomic mass is 9.96. The number of piperidine rings is 1. The number of fused-ring (bicyclic) bond motifs is 1. The van der Waals surface area contributed by atoms with Gasteiger partial charge in [-0.1, -0.05) is 25.0 Å². The topological polar surface area (TPSA) is 66.7 Å². The lowest BCUT2D eigenvalue weighted by Gasteiger charge is -2.33. The molecule has 1 aliphatic carbocycles. The summed E-state index contributed by atoms with van der Waals surface area (Å²) in [7, 11) is 0. The van der Waals surface area contributed by atoms with E-state index >= 15 is 0 Å². The number of amides is 2. The molecule has 2 atom stereocenters. The maximum atomic E-state index is 13.2. The normalized spacial score (nSPS) is 26.5. The second kappa shape index (κ2) is 7.22. The first-order valence-electron chi connectivity index (χ1n) is 10.6. The maximum absolute atomic E-state index is 13.2. The molecule has 2 unspecified atom stereocenters. The number of carbonyl (C=O) groups excluding carboxylic acids is 2. The minimum Gasteiger partial charge on any atom is -0.440 e. The van der Waals surface area contributed by atoms with Gasteiger partial charge in [-0.3, -0.25) is 9.59 Å². The Morgan fingerprint density at radius 3 is 2.71 bits per heavy atom. The molecule has 6 heteroatoms. The van der Waals surface area contributed by atoms with Crippen LogP contribution in [-0.4, -0.2) is 52.3 Å². The number of aromatic nitrogens is 1. The van der Waals surface area contributed by atoms with Crippen molar-refractivity contribution in [2.45, 2.75) is 56.9 Å². The van der Waals surface area contributed by atoms with Gasteiger partial charge in [0.25, 0.3) is 0 Å². The van der Waals surface area contributed by atoms with Gasteiger partial charge in [0.1, 0.15) is 5.52 Å². The van der Waals surface area contributed by atoms with Crippen LogP contribution in [0, 0.1) is 5.92 Å². The summed E-state index contributed by atoms with van der Waals surface area (Å²) in [4.78, 5) is 34.2. The van der Waals surface area contributed by atoms with E-state index in [1.165, 1.54) is 12.8 Å². The van der Waals surface area contributed by atoms with Gasteiger partial charge >= 0.3 is 0 Å². The predicted molar refractivity (Wildman–Crippen MR) is 105 cm³/mol. The smallest absolute Gasteiger partial charge is 0.228 e. The van der Waals surface area contributed by atoms with Crippen LogP contribution in [0.4, 0.5) is 0 Å². The van der Waals surface area contributed by atoms with Crippen LogP contribution in [0.2, 0.25) is 0 Å². The quantitative estimate of drug-likeness (QED) is 0.818. The van der Waals surface area contributed by atoms with Crippen LogP contribution < -0.4 is 0 Å². The molecule has 0 spiro atoms. The number of oxazole rings is 1. The average molecular weight is 381 g/mol. The zero-order chi connectivity index (χ0) is 19.1. The summed E-state index contributed by atoms with van der Waals surface area (Å²) in [6.45, 7) is 2.01. The Kier molecular flexibility index (Phi) is 4.57. The van der Waals surface area contributed by atoms with Crippen LogP contribution in [0.15, 0.2) is 28.7 Å². The highest BCUT2D eigenvalue weighted by molar-refractivity contribution is 5.89. The number of para-hydroxylation sites is 2. The molecule has 2 aromatic rings. The van der Waals surface area contributed by atoms with Crippen molar-refractivity contribution >= 4 is 22.9 Å². The number of benzene rings is 1. The van der Waals surface area contributed by atoms with Crippen molar-refractivity contribution in [1.29, 1.82) is 0 Å². The Balaban J connectivity index is 1.27. The Morgan fingerprint density at radius 1 is 1.07 bits per heavy atom. The number of carbonyl (C=O) groups is 2. The molecule has 0 N–H and O–H groups in total. The van der Waals surface area contributed by atoms with E-state index in [0.29, 0.717) is 25.6 Å². The summed E-state index contributed by atoms with van der Waals surface area (Å²) in [5, 5.41) is 0. The third kappa shape index (κ3) is 3.19. The Hall–Kier alpha value is -2.37. The monoisotopic (exact) mass is 381 g/mol. The molecule has 3 fully saturated rings. The second-order valence-electron chi connectivity index (χ2n) is 8.53. The molecular formula is C22H27N3O3. The van der Waals surface area contributed by atoms with E-state index in [4.69, 9.17) is 4.42 Å². The molecule has 2 amide bonds. The van der Waals surface area contributed by atoms with E-state index in [1.807, 2.05) is 34.1 Å². The largest absolute Gasteiger partial charge is 0.440 e. The standard InChI is InChI=1S/C22H27N3O3/c26-20-12-16(14-25(20)17-7-1-2-8-17)22(27)24-11-5-6-15(13-24)21-23-18-9-3-4-10-19(18)28-21/h3-4,9-10,15-17H,1-2,5-8,11-14H2. The molecule has 6 nitrogen and oxygen atoms in total. The third-order valence-electron chi connectivity index (χ3n) is 6.67. The second-order valence-corrected chi connectivity index (χ2v) is 8.53. The molecule has 1 saturated carbocycles. The van der Waals surface area contributed by atoms with Crippen molar-refractivity contribution in [3.8, 4) is 0 Å². The van der Waals surface area contributed by atoms with Crippen LogP contribution in [0.1, 0.15) is 56.8 Å². The first kappa shape index (κ1) is 17.7. The van der Waals surface area contributed by atoms with Gasteiger partial charge in [-0.25, -0.2) is 4.98 Å². The highest BCUT2D eigenvalue weighted by Crippen LogP contribution is 2.33. The summed E-state index contributed by atoms with van der Waals surface area (Å²) in [5.74, 6) is 0.977. The van der Waals surface area contributed by atoms with E-state index in [1.54, 1.807) is 0 Å². The van der Waals surface area contributed by atoms with E-state index in [9.17, 15) is 9.59 Å². The lowest BCUT2D eigenvalue weighted by molar-refractivity contribution is -0.137. The fourth-order valence-corrected chi connectivity index (χ4v) is 5.17. The molecule has 0 radical (unpaired) electrons. The van der Waals surface area contributed by atoms with E-state index in [-0.39, 0.29) is 23.7 Å². The molecule has 0 bridgehead atoms. The van der Waals surface area contributed by atoms with Crippen molar-refractivity contribution in [2.24, 2.45) is 5.92 Å². The zero-order valence-electron chi connectivity index (χ0n) is 16.2. The first-order valence-corrected chi connectivity index (χ1v) is 10.6. The van der Waals surface area contributed by atoms with Gasteiger partial charge in [0.2, 0.25) is 11.8 Å². The molecular weight excluding hydrogens is 354 g/mol. The summed E-state index contributed by atoms with van der Waals surface area (Å²) < 4.78 is 5.95. The van der Waals surface area contributed by atoms with Crippen LogP contribution in [0.5, 0.6) is 0 Å². The minimum absolute atomic E-state index is 0.133. The van der Waals surface area contributed by atoms with E-state index < -0.39 is 0 Å². The molecule has 1 aromatic carbocycles. The molecule has 1 aromatic heterocycles. The average Bonchev–Trinajstić information content (AvgIpc) is 3.46. The summed E-state index contributed by atoms with van der Waals surface area (Å²) in [5.41, 5.74) is 1.67. The van der Waals surface area contributed by atoms with Gasteiger partial charge in [-0.05, 0) is 37.8 Å². The predicted octanol–water partition coefficient (Wildman–Crippen LogP) is 3.32. The van der Waals surface area contributed by atoms with Crippen LogP contribution in [-0.2, 0) is 9.59 Å². The Labute approximate surface area is 164 Å². The van der Waals surface area contributed by atoms with Crippen molar-refractivity contribution in [3.63, 3.8) is 0 Å². The molecule has 3 aliphatic rings. The molecule has 2 aliphatic heterocycles. The zero-order valence-corrected chi connectivity index (χ0v) is 16.2. The highest BCUT2D eigenvalue weighted by Gasteiger charge is 2.41. The van der Waals surface area contributed by atoms with E-state index in [2.05, 4.69) is 4.98 Å². The van der Waals surface area contributed by atoms with Crippen LogP contribution in [0.3, 0.4) is 0 Å². The summed E-state index contributed by atoms with van der Waals surface area (Å²) >= 11 is 0. The van der Waals surface area contributed by atoms with Crippen molar-refractivity contribution in [1.82, 2.24) is 14.8 Å². The maximum Gasteiger partial charge on any atom is 0.228 e. The van der Waals surface area contributed by atoms with Gasteiger partial charge in [0.05, 0.1) is 11.8 Å². The third-order valence-corrected chi connectivity index (χ3v) is 6.67. The highest BCUT2D eigenvalue weighted by atomic mass is 16.3. The SMILES string of the molecule is O=C(C1CC(=O)N(C2CCCC2)C1)N1CCCC(c2nc3ccccc3o2)C1. The van der Waals surface area contributed by atoms with Gasteiger partial charge in [-0.15, -0.1) is 0 Å². The van der Waals surface area contributed by atoms with Gasteiger partial charge < -0.3 is 14.2 Å². The number of rotatable bonds is 3. The molecule has 3 heterocycles. The molecule has 28 heavy (non-hydrogen) atoms. The van der Waals surface area contributed by atoms with Crippen molar-refractivity contribution < 1.29 is 14.0 Å². The Bertz CT molecular complexity index is 853. The van der Waals surface area contributed by atoms with Crippen molar-refractivity contribution in [2.75, 3.05) is 19.6 Å². The minimum atomic E-state index is -0.185. The van der Waals surface area contributed by atoms with E-state index in [0.717, 1.165) is 49.2 Å². The van der Waals surface area contributed by atoms with Gasteiger partial charge in [-0.2, -0.15) is 0 Å². The van der Waals surface area contributed by atoms with Crippen molar-refractivity contribution in [3.05, 3.63) is 30.2 Å². The number of hydrogen-bond donors (Lipinski definition) is 0. The van der Waals surface area contributed by atoms with Gasteiger partial charge in [0.15, 0.2) is 11.5 Å². The first-order chi connectivity index (χ1) is 13.7. The molecule has 148 valence electrons. The summed E-state index contributed by atoms with van der Waals surface area (Å²) in [6, 6.07) is 8.15. The Morgan fingerprint density at radius 2 is 1.89 bits per heavy atom. The lowest BCUT2D eigenvalue weighted by Crippen LogP contribution is -2.43. The van der Waals surface area contributed by atoms with Gasteiger partial charge in [0, 0.05) is 32.1 Å². The van der Waals surface area contributed by atoms with Crippen LogP contribution >= 0.6 is 0 Å². The fourth-order valence-electron chi connectivity index (χ4n) is 5.17. The number of hydrogen-bond acceptors (Lipinski definition) is 4. The van der Waals surface area contributed by atoms with Crippen LogP contribution in [0.25, 0.3) is 11.1 Å².